The number of nitrogens with zero attached hydrogens (tertiary/aromatic N) is 4. The van der Waals surface area contributed by atoms with E-state index >= 15 is 0 Å². The molecule has 1 aromatic carbocycles. The average Bonchev–Trinajstić information content (AvgIpc) is 3.45. The van der Waals surface area contributed by atoms with E-state index in [2.05, 4.69) is 4.98 Å². The largest absolute Gasteiger partial charge is 0.497 e. The number of piperidine rings is 1. The number of pyridine rings is 1. The number of alkyl halides is 3. The van der Waals surface area contributed by atoms with Crippen molar-refractivity contribution in [1.82, 2.24) is 19.2 Å². The van der Waals surface area contributed by atoms with E-state index in [4.69, 9.17) is 21.1 Å². The molecule has 12 heteroatoms. The van der Waals surface area contributed by atoms with Gasteiger partial charge in [-0.3, -0.25) is 9.20 Å². The van der Waals surface area contributed by atoms with Crippen molar-refractivity contribution in [2.45, 2.75) is 25.1 Å². The van der Waals surface area contributed by atoms with Gasteiger partial charge >= 0.3 is 12.3 Å². The summed E-state index contributed by atoms with van der Waals surface area (Å²) < 4.78 is 53.2. The van der Waals surface area contributed by atoms with Gasteiger partial charge in [-0.2, -0.15) is 13.2 Å². The van der Waals surface area contributed by atoms with E-state index < -0.39 is 23.3 Å². The molecule has 0 unspecified atom stereocenters. The number of ether oxygens (including phenoxy) is 2. The van der Waals surface area contributed by atoms with Crippen molar-refractivity contribution >= 4 is 29.2 Å². The van der Waals surface area contributed by atoms with Crippen molar-refractivity contribution in [3.8, 4) is 16.9 Å². The van der Waals surface area contributed by atoms with Crippen molar-refractivity contribution in [2.24, 2.45) is 0 Å². The van der Waals surface area contributed by atoms with E-state index in [1.165, 1.54) is 18.2 Å². The third-order valence-electron chi connectivity index (χ3n) is 6.58. The summed E-state index contributed by atoms with van der Waals surface area (Å²) in [5.74, 6) is 0.0140. The monoisotopic (exact) mass is 522 g/mol. The molecule has 3 aromatic rings. The zero-order valence-electron chi connectivity index (χ0n) is 19.2. The molecule has 2 aliphatic rings. The fraction of sp³-hybridized carbons (Fsp3) is 0.375. The van der Waals surface area contributed by atoms with Gasteiger partial charge in [0.1, 0.15) is 17.5 Å². The van der Waals surface area contributed by atoms with Crippen LogP contribution < -0.4 is 4.74 Å². The van der Waals surface area contributed by atoms with Gasteiger partial charge in [0.2, 0.25) is 0 Å². The van der Waals surface area contributed by atoms with Crippen molar-refractivity contribution in [1.29, 1.82) is 0 Å². The second-order valence-electron chi connectivity index (χ2n) is 8.64. The van der Waals surface area contributed by atoms with Crippen molar-refractivity contribution in [2.75, 3.05) is 33.4 Å². The molecule has 5 rings (SSSR count). The second kappa shape index (κ2) is 9.20. The van der Waals surface area contributed by atoms with Crippen LogP contribution in [0, 0.1) is 0 Å². The number of rotatable bonds is 4. The molecule has 190 valence electrons. The van der Waals surface area contributed by atoms with Crippen LogP contribution in [0.5, 0.6) is 5.75 Å². The van der Waals surface area contributed by atoms with Crippen LogP contribution in [-0.2, 0) is 10.9 Å². The van der Waals surface area contributed by atoms with E-state index in [0.29, 0.717) is 50.4 Å². The van der Waals surface area contributed by atoms with Gasteiger partial charge in [-0.1, -0.05) is 23.7 Å². The lowest BCUT2D eigenvalue weighted by molar-refractivity contribution is -0.136. The first-order valence-electron chi connectivity index (χ1n) is 11.3. The molecule has 4 heterocycles. The molecule has 0 saturated carbocycles. The quantitative estimate of drug-likeness (QED) is 0.495. The summed E-state index contributed by atoms with van der Waals surface area (Å²) in [7, 11) is 1.50. The number of aromatic nitrogens is 2. The molecule has 2 fully saturated rings. The first kappa shape index (κ1) is 24.2. The highest BCUT2D eigenvalue weighted by molar-refractivity contribution is 6.33. The van der Waals surface area contributed by atoms with Crippen LogP contribution in [0.1, 0.15) is 28.9 Å². The lowest BCUT2D eigenvalue weighted by atomic mass is 10.0. The van der Waals surface area contributed by atoms with Crippen molar-refractivity contribution in [3.05, 3.63) is 52.9 Å². The first-order valence-corrected chi connectivity index (χ1v) is 11.7. The molecule has 0 bridgehead atoms. The van der Waals surface area contributed by atoms with Crippen LogP contribution >= 0.6 is 11.6 Å². The smallest absolute Gasteiger partial charge is 0.420 e. The molecule has 2 aromatic heterocycles. The molecule has 2 aliphatic heterocycles. The van der Waals surface area contributed by atoms with Gasteiger partial charge in [-0.15, -0.1) is 0 Å². The summed E-state index contributed by atoms with van der Waals surface area (Å²) in [6, 6.07) is 7.50. The number of carbonyl (C=O) groups is 2. The van der Waals surface area contributed by atoms with Crippen LogP contribution in [0.2, 0.25) is 5.15 Å². The Labute approximate surface area is 209 Å². The lowest BCUT2D eigenvalue weighted by Crippen LogP contribution is -2.47. The lowest BCUT2D eigenvalue weighted by Gasteiger charge is -2.35. The Morgan fingerprint density at radius 3 is 2.42 bits per heavy atom. The molecule has 2 saturated heterocycles. The maximum Gasteiger partial charge on any atom is 0.420 e. The number of benzene rings is 1. The number of imidazole rings is 1. The van der Waals surface area contributed by atoms with Crippen molar-refractivity contribution < 1.29 is 32.2 Å². The number of hydrogen-bond donors (Lipinski definition) is 0. The molecule has 8 nitrogen and oxygen atoms in total. The average molecular weight is 523 g/mol. The van der Waals surface area contributed by atoms with E-state index in [0.717, 1.165) is 10.5 Å². The Bertz CT molecular complexity index is 1320. The number of hydrogen-bond acceptors (Lipinski definition) is 5. The summed E-state index contributed by atoms with van der Waals surface area (Å²) >= 11 is 6.45. The third-order valence-corrected chi connectivity index (χ3v) is 6.94. The zero-order chi connectivity index (χ0) is 25.6. The second-order valence-corrected chi connectivity index (χ2v) is 9.00. The number of methoxy groups -OCH3 is 1. The van der Waals surface area contributed by atoms with Gasteiger partial charge in [-0.05, 0) is 42.2 Å². The van der Waals surface area contributed by atoms with Crippen LogP contribution in [0.3, 0.4) is 0 Å². The number of likely N-dealkylation sites (tertiary alicyclic amines) is 1. The van der Waals surface area contributed by atoms with Gasteiger partial charge in [0.15, 0.2) is 11.3 Å². The zero-order valence-corrected chi connectivity index (χ0v) is 20.0. The maximum atomic E-state index is 14.0. The van der Waals surface area contributed by atoms with E-state index in [9.17, 15) is 22.8 Å². The van der Waals surface area contributed by atoms with Gasteiger partial charge in [0, 0.05) is 25.3 Å². The minimum absolute atomic E-state index is 0.0514. The first-order chi connectivity index (χ1) is 17.2. The Morgan fingerprint density at radius 1 is 1.14 bits per heavy atom. The highest BCUT2D eigenvalue weighted by Gasteiger charge is 2.38. The topological polar surface area (TPSA) is 76.4 Å². The molecular formula is C24H22ClF3N4O4. The highest BCUT2D eigenvalue weighted by atomic mass is 35.5. The molecule has 2 amide bonds. The third kappa shape index (κ3) is 4.32. The maximum absolute atomic E-state index is 14.0. The Kier molecular flexibility index (Phi) is 6.19. The number of carbonyl (C=O) groups excluding carboxylic acids is 2. The highest BCUT2D eigenvalue weighted by Crippen LogP contribution is 2.37. The van der Waals surface area contributed by atoms with Gasteiger partial charge in [0.25, 0.3) is 5.91 Å². The molecular weight excluding hydrogens is 501 g/mol. The van der Waals surface area contributed by atoms with Crippen LogP contribution in [-0.4, -0.2) is 70.6 Å². The van der Waals surface area contributed by atoms with E-state index in [1.807, 2.05) is 0 Å². The molecule has 0 N–H and O–H groups in total. The minimum Gasteiger partial charge on any atom is -0.497 e. The summed E-state index contributed by atoms with van der Waals surface area (Å²) in [5, 5.41) is -0.193. The summed E-state index contributed by atoms with van der Waals surface area (Å²) in [6.45, 7) is 1.49. The van der Waals surface area contributed by atoms with E-state index in [-0.39, 0.29) is 28.5 Å². The number of halogens is 4. The minimum atomic E-state index is -4.72. The van der Waals surface area contributed by atoms with Crippen LogP contribution in [0.4, 0.5) is 18.0 Å². The standard InChI is InChI=1S/C24H22ClF3N4O4/c1-35-17-4-2-14(3-5-17)15-12-18(24(26,27)28)21-29-19(20(25)32(21)13-15)22(33)30-8-6-16(7-9-30)31-10-11-36-23(31)34/h2-5,12-13,16H,6-11H2,1H3. The summed E-state index contributed by atoms with van der Waals surface area (Å²) in [6.07, 6.45) is -2.59. The Hall–Kier alpha value is -3.47. The number of cyclic esters (lactones) is 1. The SMILES string of the molecule is COc1ccc(-c2cc(C(F)(F)F)c3nc(C(=O)N4CCC(N5CCOC5=O)CC4)c(Cl)n3c2)cc1. The Morgan fingerprint density at radius 2 is 1.83 bits per heavy atom. The van der Waals surface area contributed by atoms with Crippen LogP contribution in [0.25, 0.3) is 16.8 Å². The molecule has 0 aliphatic carbocycles. The van der Waals surface area contributed by atoms with Gasteiger partial charge < -0.3 is 19.3 Å². The van der Waals surface area contributed by atoms with E-state index in [1.54, 1.807) is 29.2 Å². The summed E-state index contributed by atoms with van der Waals surface area (Å²) in [5.41, 5.74) is -0.906. The van der Waals surface area contributed by atoms with Crippen LogP contribution in [0.15, 0.2) is 36.5 Å². The predicted octanol–water partition coefficient (Wildman–Crippen LogP) is 4.74. The predicted molar refractivity (Wildman–Crippen MR) is 124 cm³/mol. The number of fused-ring (bicyclic) bond motifs is 1. The molecule has 0 spiro atoms. The van der Waals surface area contributed by atoms with Gasteiger partial charge in [0.05, 0.1) is 19.2 Å². The normalized spacial score (nSPS) is 17.1. The fourth-order valence-electron chi connectivity index (χ4n) is 4.67. The fourth-order valence-corrected chi connectivity index (χ4v) is 4.92. The van der Waals surface area contributed by atoms with Crippen molar-refractivity contribution in [3.63, 3.8) is 0 Å². The Balaban J connectivity index is 1.46. The summed E-state index contributed by atoms with van der Waals surface area (Å²) in [4.78, 5) is 32.3. The number of amides is 2. The molecule has 0 radical (unpaired) electrons. The molecule has 0 atom stereocenters. The molecule has 36 heavy (non-hydrogen) atoms. The van der Waals surface area contributed by atoms with Gasteiger partial charge in [-0.25, -0.2) is 9.78 Å².